The number of aromatic nitrogens is 2. The fourth-order valence-corrected chi connectivity index (χ4v) is 5.17. The zero-order valence-corrected chi connectivity index (χ0v) is 18.6. The Bertz CT molecular complexity index is 1240. The van der Waals surface area contributed by atoms with Crippen molar-refractivity contribution in [3.63, 3.8) is 0 Å². The summed E-state index contributed by atoms with van der Waals surface area (Å²) in [5, 5.41) is 9.98. The number of hydrogen-bond donors (Lipinski definition) is 3. The van der Waals surface area contributed by atoms with E-state index in [1.165, 1.54) is 5.69 Å². The van der Waals surface area contributed by atoms with E-state index in [0.717, 1.165) is 84.9 Å². The van der Waals surface area contributed by atoms with Crippen LogP contribution in [-0.4, -0.2) is 52.9 Å². The lowest BCUT2D eigenvalue weighted by molar-refractivity contribution is 0.0694. The smallest absolute Gasteiger partial charge is 0.337 e. The molecule has 2 fully saturated rings. The van der Waals surface area contributed by atoms with Crippen molar-refractivity contribution in [1.29, 1.82) is 0 Å². The highest BCUT2D eigenvalue weighted by molar-refractivity contribution is 5.95. The number of fused-ring (bicyclic) bond motifs is 3. The van der Waals surface area contributed by atoms with Crippen LogP contribution in [0.5, 0.6) is 0 Å². The molecule has 0 amide bonds. The number of benzene rings is 1. The van der Waals surface area contributed by atoms with E-state index in [-0.39, 0.29) is 5.54 Å². The van der Waals surface area contributed by atoms with Crippen molar-refractivity contribution >= 4 is 11.7 Å². The molecule has 0 atom stereocenters. The minimum absolute atomic E-state index is 0.260. The number of carboxylic acids is 1. The SMILES string of the molecule is NC1(Cc2[nH]c3c(c2C(=O)O)CCc2cnc(-c4cccc(N5CCOCC5)c4)cc2-3)CC1. The zero-order valence-electron chi connectivity index (χ0n) is 18.6. The Morgan fingerprint density at radius 3 is 2.79 bits per heavy atom. The number of aromatic amines is 1. The molecular formula is C26H28N4O3. The minimum Gasteiger partial charge on any atom is -0.478 e. The molecule has 1 aliphatic heterocycles. The summed E-state index contributed by atoms with van der Waals surface area (Å²) in [6, 6.07) is 10.6. The first-order chi connectivity index (χ1) is 16.0. The van der Waals surface area contributed by atoms with E-state index in [1.54, 1.807) is 0 Å². The molecule has 4 N–H and O–H groups in total. The molecule has 7 heteroatoms. The normalized spacial score (nSPS) is 18.5. The van der Waals surface area contributed by atoms with Gasteiger partial charge in [0.25, 0.3) is 0 Å². The molecule has 2 aliphatic carbocycles. The number of nitrogens with one attached hydrogen (secondary N) is 1. The van der Waals surface area contributed by atoms with Gasteiger partial charge in [-0.1, -0.05) is 12.1 Å². The molecule has 1 saturated carbocycles. The van der Waals surface area contributed by atoms with Crippen LogP contribution in [0.25, 0.3) is 22.5 Å². The number of aromatic carboxylic acids is 1. The Labute approximate surface area is 192 Å². The van der Waals surface area contributed by atoms with Crippen LogP contribution in [0.3, 0.4) is 0 Å². The molecular weight excluding hydrogens is 416 g/mol. The molecule has 0 radical (unpaired) electrons. The predicted octanol–water partition coefficient (Wildman–Crippen LogP) is 3.41. The number of aryl methyl sites for hydroxylation is 1. The summed E-state index contributed by atoms with van der Waals surface area (Å²) in [5.41, 5.74) is 14.4. The molecule has 6 rings (SSSR count). The number of carboxylic acid groups (broad SMARTS) is 1. The number of morpholine rings is 1. The van der Waals surface area contributed by atoms with Gasteiger partial charge in [-0.15, -0.1) is 0 Å². The average Bonchev–Trinajstić information content (AvgIpc) is 3.44. The van der Waals surface area contributed by atoms with Gasteiger partial charge in [0, 0.05) is 53.8 Å². The van der Waals surface area contributed by atoms with Gasteiger partial charge >= 0.3 is 5.97 Å². The van der Waals surface area contributed by atoms with Gasteiger partial charge in [0.15, 0.2) is 0 Å². The Morgan fingerprint density at radius 1 is 1.21 bits per heavy atom. The third-order valence-corrected chi connectivity index (χ3v) is 7.23. The monoisotopic (exact) mass is 444 g/mol. The Hall–Kier alpha value is -3.16. The summed E-state index contributed by atoms with van der Waals surface area (Å²) in [6.45, 7) is 3.26. The molecule has 0 unspecified atom stereocenters. The second kappa shape index (κ2) is 7.71. The molecule has 1 aromatic carbocycles. The summed E-state index contributed by atoms with van der Waals surface area (Å²) in [4.78, 5) is 22.7. The number of H-pyrrole nitrogens is 1. The summed E-state index contributed by atoms with van der Waals surface area (Å²) in [6.07, 6.45) is 5.90. The maximum absolute atomic E-state index is 12.2. The maximum atomic E-state index is 12.2. The molecule has 2 aromatic heterocycles. The molecule has 170 valence electrons. The first kappa shape index (κ1) is 20.4. The van der Waals surface area contributed by atoms with Crippen molar-refractivity contribution in [3.8, 4) is 22.5 Å². The van der Waals surface area contributed by atoms with Crippen LogP contribution in [0.2, 0.25) is 0 Å². The summed E-state index contributed by atoms with van der Waals surface area (Å²) < 4.78 is 5.49. The van der Waals surface area contributed by atoms with Crippen molar-refractivity contribution in [2.45, 2.75) is 37.6 Å². The third-order valence-electron chi connectivity index (χ3n) is 7.23. The van der Waals surface area contributed by atoms with Crippen LogP contribution < -0.4 is 10.6 Å². The largest absolute Gasteiger partial charge is 0.478 e. The lowest BCUT2D eigenvalue weighted by Crippen LogP contribution is -2.36. The van der Waals surface area contributed by atoms with Crippen molar-refractivity contribution in [1.82, 2.24) is 9.97 Å². The van der Waals surface area contributed by atoms with E-state index in [4.69, 9.17) is 15.5 Å². The van der Waals surface area contributed by atoms with E-state index >= 15 is 0 Å². The van der Waals surface area contributed by atoms with Gasteiger partial charge in [-0.3, -0.25) is 4.98 Å². The highest BCUT2D eigenvalue weighted by Crippen LogP contribution is 2.41. The van der Waals surface area contributed by atoms with Gasteiger partial charge in [0.05, 0.1) is 30.2 Å². The van der Waals surface area contributed by atoms with E-state index in [1.807, 2.05) is 6.20 Å². The number of pyridine rings is 1. The topological polar surface area (TPSA) is 104 Å². The Kier molecular flexibility index (Phi) is 4.78. The van der Waals surface area contributed by atoms with E-state index in [9.17, 15) is 9.90 Å². The van der Waals surface area contributed by atoms with Gasteiger partial charge in [-0.2, -0.15) is 0 Å². The minimum atomic E-state index is -0.873. The maximum Gasteiger partial charge on any atom is 0.337 e. The van der Waals surface area contributed by atoms with Gasteiger partial charge in [0.1, 0.15) is 0 Å². The highest BCUT2D eigenvalue weighted by atomic mass is 16.5. The summed E-state index contributed by atoms with van der Waals surface area (Å²) in [5.74, 6) is -0.873. The van der Waals surface area contributed by atoms with Gasteiger partial charge in [0.2, 0.25) is 0 Å². The van der Waals surface area contributed by atoms with Gasteiger partial charge in [-0.25, -0.2) is 4.79 Å². The van der Waals surface area contributed by atoms with Gasteiger partial charge < -0.3 is 25.5 Å². The Balaban J connectivity index is 1.40. The standard InChI is InChI=1S/C26H28N4O3/c27-26(6-7-26)14-22-23(25(31)32)19-5-4-17-15-28-21(13-20(17)24(19)29-22)16-2-1-3-18(12-16)30-8-10-33-11-9-30/h1-3,12-13,15,29H,4-11,14,27H2,(H,31,32). The second-order valence-electron chi connectivity index (χ2n) is 9.55. The van der Waals surface area contributed by atoms with Crippen LogP contribution in [0, 0.1) is 0 Å². The van der Waals surface area contributed by atoms with Crippen LogP contribution in [0.15, 0.2) is 36.5 Å². The highest BCUT2D eigenvalue weighted by Gasteiger charge is 2.40. The van der Waals surface area contributed by atoms with Crippen molar-refractivity contribution < 1.29 is 14.6 Å². The zero-order chi connectivity index (χ0) is 22.6. The lowest BCUT2D eigenvalue weighted by atomic mass is 9.88. The average molecular weight is 445 g/mol. The lowest BCUT2D eigenvalue weighted by Gasteiger charge is -2.29. The van der Waals surface area contributed by atoms with E-state index in [0.29, 0.717) is 18.4 Å². The predicted molar refractivity (Wildman–Crippen MR) is 127 cm³/mol. The van der Waals surface area contributed by atoms with Crippen LogP contribution in [-0.2, 0) is 24.0 Å². The molecule has 3 aromatic rings. The number of carbonyl (C=O) groups is 1. The van der Waals surface area contributed by atoms with Crippen molar-refractivity contribution in [2.75, 3.05) is 31.2 Å². The molecule has 0 spiro atoms. The molecule has 33 heavy (non-hydrogen) atoms. The molecule has 7 nitrogen and oxygen atoms in total. The van der Waals surface area contributed by atoms with E-state index in [2.05, 4.69) is 40.2 Å². The fraction of sp³-hybridized carbons (Fsp3) is 0.385. The number of ether oxygens (including phenoxy) is 1. The molecule has 1 saturated heterocycles. The number of nitrogens with two attached hydrogens (primary N) is 1. The number of anilines is 1. The Morgan fingerprint density at radius 2 is 2.03 bits per heavy atom. The first-order valence-electron chi connectivity index (χ1n) is 11.7. The second-order valence-corrected chi connectivity index (χ2v) is 9.55. The number of rotatable bonds is 5. The number of nitrogens with zero attached hydrogens (tertiary/aromatic N) is 2. The number of hydrogen-bond acceptors (Lipinski definition) is 5. The van der Waals surface area contributed by atoms with Crippen molar-refractivity contribution in [3.05, 3.63) is 58.9 Å². The van der Waals surface area contributed by atoms with Gasteiger partial charge in [-0.05, 0) is 55.0 Å². The van der Waals surface area contributed by atoms with Crippen LogP contribution in [0.1, 0.15) is 40.0 Å². The fourth-order valence-electron chi connectivity index (χ4n) is 5.17. The van der Waals surface area contributed by atoms with Crippen LogP contribution in [0.4, 0.5) is 5.69 Å². The van der Waals surface area contributed by atoms with E-state index < -0.39 is 5.97 Å². The quantitative estimate of drug-likeness (QED) is 0.557. The summed E-state index contributed by atoms with van der Waals surface area (Å²) >= 11 is 0. The van der Waals surface area contributed by atoms with Crippen molar-refractivity contribution in [2.24, 2.45) is 5.73 Å². The third kappa shape index (κ3) is 3.71. The molecule has 0 bridgehead atoms. The molecule has 3 aliphatic rings. The van der Waals surface area contributed by atoms with Crippen LogP contribution >= 0.6 is 0 Å². The molecule has 3 heterocycles. The first-order valence-corrected chi connectivity index (χ1v) is 11.7. The summed E-state index contributed by atoms with van der Waals surface area (Å²) in [7, 11) is 0.